The Labute approximate surface area is 147 Å². The Hall–Kier alpha value is -2.34. The normalized spacial score (nSPS) is 17.6. The van der Waals surface area contributed by atoms with Crippen LogP contribution in [-0.4, -0.2) is 36.7 Å². The number of rotatable bonds is 6. The number of aromatic nitrogens is 1. The SMILES string of the molecule is CC(C)COc1cc2c(OC3CCCNC3)ccnc2cc1C(N)=O. The molecule has 0 aliphatic carbocycles. The first-order valence-electron chi connectivity index (χ1n) is 8.77. The predicted molar refractivity (Wildman–Crippen MR) is 97.1 cm³/mol. The van der Waals surface area contributed by atoms with E-state index in [1.807, 2.05) is 12.1 Å². The number of carbonyl (C=O) groups is 1. The van der Waals surface area contributed by atoms with Crippen LogP contribution in [0.15, 0.2) is 24.4 Å². The van der Waals surface area contributed by atoms with Gasteiger partial charge in [0, 0.05) is 18.1 Å². The van der Waals surface area contributed by atoms with E-state index >= 15 is 0 Å². The Kier molecular flexibility index (Phi) is 5.38. The summed E-state index contributed by atoms with van der Waals surface area (Å²) in [7, 11) is 0. The molecular formula is C19H25N3O3. The number of nitrogens with one attached hydrogen (secondary N) is 1. The average molecular weight is 343 g/mol. The van der Waals surface area contributed by atoms with Gasteiger partial charge in [0.2, 0.25) is 0 Å². The molecule has 6 nitrogen and oxygen atoms in total. The molecule has 0 bridgehead atoms. The summed E-state index contributed by atoms with van der Waals surface area (Å²) in [5, 5.41) is 4.18. The first kappa shape index (κ1) is 17.5. The minimum absolute atomic E-state index is 0.134. The van der Waals surface area contributed by atoms with Crippen LogP contribution in [0.4, 0.5) is 0 Å². The van der Waals surface area contributed by atoms with Gasteiger partial charge in [-0.2, -0.15) is 0 Å². The van der Waals surface area contributed by atoms with E-state index in [1.165, 1.54) is 0 Å². The summed E-state index contributed by atoms with van der Waals surface area (Å²) in [6, 6.07) is 5.35. The van der Waals surface area contributed by atoms with E-state index in [0.29, 0.717) is 29.4 Å². The molecule has 0 spiro atoms. The van der Waals surface area contributed by atoms with Crippen molar-refractivity contribution in [2.24, 2.45) is 11.7 Å². The third-order valence-corrected chi connectivity index (χ3v) is 4.19. The number of ether oxygens (including phenoxy) is 2. The van der Waals surface area contributed by atoms with Gasteiger partial charge in [-0.05, 0) is 43.5 Å². The lowest BCUT2D eigenvalue weighted by Crippen LogP contribution is -2.37. The highest BCUT2D eigenvalue weighted by Crippen LogP contribution is 2.32. The number of carbonyl (C=O) groups excluding carboxylic acids is 1. The van der Waals surface area contributed by atoms with Crippen LogP contribution in [0.3, 0.4) is 0 Å². The molecule has 25 heavy (non-hydrogen) atoms. The molecule has 1 aliphatic rings. The average Bonchev–Trinajstić information content (AvgIpc) is 2.60. The summed E-state index contributed by atoms with van der Waals surface area (Å²) < 4.78 is 12.0. The maximum absolute atomic E-state index is 11.8. The highest BCUT2D eigenvalue weighted by Gasteiger charge is 2.18. The van der Waals surface area contributed by atoms with Crippen molar-refractivity contribution in [2.75, 3.05) is 19.7 Å². The number of nitrogens with zero attached hydrogens (tertiary/aromatic N) is 1. The van der Waals surface area contributed by atoms with Crippen LogP contribution in [-0.2, 0) is 0 Å². The molecule has 2 heterocycles. The molecule has 6 heteroatoms. The number of primary amides is 1. The van der Waals surface area contributed by atoms with E-state index in [1.54, 1.807) is 12.3 Å². The number of hydrogen-bond donors (Lipinski definition) is 2. The molecule has 1 unspecified atom stereocenters. The molecule has 3 N–H and O–H groups in total. The zero-order valence-corrected chi connectivity index (χ0v) is 14.7. The summed E-state index contributed by atoms with van der Waals surface area (Å²) in [4.78, 5) is 16.1. The molecule has 1 saturated heterocycles. The van der Waals surface area contributed by atoms with Crippen molar-refractivity contribution in [3.8, 4) is 11.5 Å². The fraction of sp³-hybridized carbons (Fsp3) is 0.474. The molecular weight excluding hydrogens is 318 g/mol. The molecule has 1 fully saturated rings. The molecule has 3 rings (SSSR count). The topological polar surface area (TPSA) is 86.5 Å². The maximum atomic E-state index is 11.8. The van der Waals surface area contributed by atoms with Gasteiger partial charge in [0.25, 0.3) is 5.91 Å². The van der Waals surface area contributed by atoms with Crippen LogP contribution in [0.5, 0.6) is 11.5 Å². The van der Waals surface area contributed by atoms with Gasteiger partial charge in [-0.15, -0.1) is 0 Å². The third-order valence-electron chi connectivity index (χ3n) is 4.19. The van der Waals surface area contributed by atoms with E-state index in [0.717, 1.165) is 37.1 Å². The molecule has 134 valence electrons. The number of piperidine rings is 1. The lowest BCUT2D eigenvalue weighted by atomic mass is 10.1. The first-order chi connectivity index (χ1) is 12.0. The second-order valence-corrected chi connectivity index (χ2v) is 6.83. The van der Waals surface area contributed by atoms with Crippen molar-refractivity contribution in [1.82, 2.24) is 10.3 Å². The van der Waals surface area contributed by atoms with Gasteiger partial charge < -0.3 is 20.5 Å². The molecule has 0 radical (unpaired) electrons. The lowest BCUT2D eigenvalue weighted by Gasteiger charge is -2.24. The van der Waals surface area contributed by atoms with Crippen LogP contribution in [0.2, 0.25) is 0 Å². The van der Waals surface area contributed by atoms with E-state index in [2.05, 4.69) is 24.1 Å². The van der Waals surface area contributed by atoms with Crippen LogP contribution in [0.25, 0.3) is 10.9 Å². The molecule has 1 atom stereocenters. The van der Waals surface area contributed by atoms with Gasteiger partial charge >= 0.3 is 0 Å². The summed E-state index contributed by atoms with van der Waals surface area (Å²) in [6.45, 7) is 6.48. The molecule has 1 amide bonds. The molecule has 1 aliphatic heterocycles. The lowest BCUT2D eigenvalue weighted by molar-refractivity contribution is 0.0995. The fourth-order valence-electron chi connectivity index (χ4n) is 2.92. The monoisotopic (exact) mass is 343 g/mol. The Morgan fingerprint density at radius 2 is 2.24 bits per heavy atom. The zero-order valence-electron chi connectivity index (χ0n) is 14.7. The second kappa shape index (κ2) is 7.70. The minimum Gasteiger partial charge on any atom is -0.492 e. The third kappa shape index (κ3) is 4.20. The predicted octanol–water partition coefficient (Wildman–Crippen LogP) is 2.50. The smallest absolute Gasteiger partial charge is 0.252 e. The Morgan fingerprint density at radius 1 is 1.40 bits per heavy atom. The second-order valence-electron chi connectivity index (χ2n) is 6.83. The van der Waals surface area contributed by atoms with Gasteiger partial charge in [-0.1, -0.05) is 13.8 Å². The summed E-state index contributed by atoms with van der Waals surface area (Å²) >= 11 is 0. The maximum Gasteiger partial charge on any atom is 0.252 e. The first-order valence-corrected chi connectivity index (χ1v) is 8.77. The van der Waals surface area contributed by atoms with Crippen molar-refractivity contribution in [3.05, 3.63) is 30.0 Å². The molecule has 2 aromatic rings. The van der Waals surface area contributed by atoms with Crippen LogP contribution in [0.1, 0.15) is 37.0 Å². The Morgan fingerprint density at radius 3 is 2.92 bits per heavy atom. The van der Waals surface area contributed by atoms with Gasteiger partial charge in [-0.3, -0.25) is 9.78 Å². The summed E-state index contributed by atoms with van der Waals surface area (Å²) in [5.41, 5.74) is 6.53. The largest absolute Gasteiger partial charge is 0.492 e. The summed E-state index contributed by atoms with van der Waals surface area (Å²) in [5.74, 6) is 1.05. The van der Waals surface area contributed by atoms with Gasteiger partial charge in [0.05, 0.1) is 17.7 Å². The van der Waals surface area contributed by atoms with Crippen molar-refractivity contribution in [1.29, 1.82) is 0 Å². The highest BCUT2D eigenvalue weighted by atomic mass is 16.5. The molecule has 1 aromatic carbocycles. The van der Waals surface area contributed by atoms with Crippen LogP contribution < -0.4 is 20.5 Å². The van der Waals surface area contributed by atoms with Crippen LogP contribution >= 0.6 is 0 Å². The van der Waals surface area contributed by atoms with Crippen molar-refractivity contribution in [3.63, 3.8) is 0 Å². The van der Waals surface area contributed by atoms with Gasteiger partial charge in [-0.25, -0.2) is 0 Å². The van der Waals surface area contributed by atoms with Gasteiger partial charge in [0.1, 0.15) is 17.6 Å². The number of amides is 1. The number of benzene rings is 1. The number of nitrogens with two attached hydrogens (primary N) is 1. The fourth-order valence-corrected chi connectivity index (χ4v) is 2.92. The van der Waals surface area contributed by atoms with Crippen molar-refractivity contribution < 1.29 is 14.3 Å². The van der Waals surface area contributed by atoms with Gasteiger partial charge in [0.15, 0.2) is 0 Å². The van der Waals surface area contributed by atoms with E-state index < -0.39 is 5.91 Å². The van der Waals surface area contributed by atoms with Crippen molar-refractivity contribution >= 4 is 16.8 Å². The van der Waals surface area contributed by atoms with E-state index in [4.69, 9.17) is 15.2 Å². The van der Waals surface area contributed by atoms with E-state index in [9.17, 15) is 4.79 Å². The zero-order chi connectivity index (χ0) is 17.8. The Balaban J connectivity index is 1.97. The highest BCUT2D eigenvalue weighted by molar-refractivity contribution is 6.01. The summed E-state index contributed by atoms with van der Waals surface area (Å²) in [6.07, 6.45) is 3.94. The molecule has 1 aromatic heterocycles. The quantitative estimate of drug-likeness (QED) is 0.841. The van der Waals surface area contributed by atoms with E-state index in [-0.39, 0.29) is 6.10 Å². The Bertz CT molecular complexity index is 755. The standard InChI is InChI=1S/C19H25N3O3/c1-12(2)11-24-18-9-14-16(8-15(18)19(20)23)22-7-5-17(14)25-13-4-3-6-21-10-13/h5,7-9,12-13,21H,3-4,6,10-11H2,1-2H3,(H2,20,23). The minimum atomic E-state index is -0.523. The molecule has 0 saturated carbocycles. The number of pyridine rings is 1. The number of hydrogen-bond acceptors (Lipinski definition) is 5. The number of fused-ring (bicyclic) bond motifs is 1. The van der Waals surface area contributed by atoms with Crippen LogP contribution in [0, 0.1) is 5.92 Å². The van der Waals surface area contributed by atoms with Crippen molar-refractivity contribution in [2.45, 2.75) is 32.8 Å².